The smallest absolute Gasteiger partial charge is 0.118 e. The van der Waals surface area contributed by atoms with Crippen LogP contribution in [0.4, 0.5) is 13.2 Å². The topological polar surface area (TPSA) is 9.23 Å². The monoisotopic (exact) mass is 260 g/mol. The molecule has 0 aromatic heterocycles. The van der Waals surface area contributed by atoms with Gasteiger partial charge in [0.2, 0.25) is 0 Å². The van der Waals surface area contributed by atoms with Gasteiger partial charge in [-0.2, -0.15) is 0 Å². The molecule has 0 fully saturated rings. The Morgan fingerprint density at radius 2 is 1.56 bits per heavy atom. The number of aryl methyl sites for hydroxylation is 1. The van der Waals surface area contributed by atoms with Crippen molar-refractivity contribution in [1.82, 2.24) is 0 Å². The van der Waals surface area contributed by atoms with Gasteiger partial charge in [0.15, 0.2) is 0 Å². The van der Waals surface area contributed by atoms with Gasteiger partial charge in [0.25, 0.3) is 0 Å². The molecule has 0 saturated heterocycles. The molecule has 0 atom stereocenters. The fraction of sp³-hybridized carbons (Fsp3) is 0.571. The molecule has 0 bridgehead atoms. The summed E-state index contributed by atoms with van der Waals surface area (Å²) >= 11 is 0. The Labute approximate surface area is 106 Å². The number of alkyl halides is 3. The maximum atomic E-state index is 12.6. The van der Waals surface area contributed by atoms with E-state index >= 15 is 0 Å². The second-order valence-electron chi connectivity index (χ2n) is 4.60. The average molecular weight is 260 g/mol. The maximum Gasteiger partial charge on any atom is 0.118 e. The van der Waals surface area contributed by atoms with Crippen LogP contribution in [0.1, 0.15) is 18.4 Å². The molecule has 0 N–H and O–H groups in total. The Hall–Kier alpha value is -1.19. The molecule has 0 amide bonds. The lowest BCUT2D eigenvalue weighted by molar-refractivity contribution is 0.0998. The van der Waals surface area contributed by atoms with Crippen molar-refractivity contribution in [3.63, 3.8) is 0 Å². The molecular weight excluding hydrogens is 241 g/mol. The van der Waals surface area contributed by atoms with Gasteiger partial charge in [-0.15, -0.1) is 0 Å². The van der Waals surface area contributed by atoms with Crippen LogP contribution in [0.15, 0.2) is 24.3 Å². The van der Waals surface area contributed by atoms with Crippen molar-refractivity contribution < 1.29 is 17.9 Å². The quantitative estimate of drug-likeness (QED) is 0.688. The van der Waals surface area contributed by atoms with Gasteiger partial charge in [0.05, 0.1) is 12.5 Å². The summed E-state index contributed by atoms with van der Waals surface area (Å²) in [6.07, 6.45) is 1.48. The van der Waals surface area contributed by atoms with Crippen LogP contribution in [0, 0.1) is 5.41 Å². The molecule has 1 aromatic carbocycles. The van der Waals surface area contributed by atoms with Crippen LogP contribution in [0.25, 0.3) is 0 Å². The standard InChI is InChI=1S/C14H19F3O/c1-18-13-6-4-12(5-7-13)3-2-8-14(9-15,10-16)11-17/h4-7H,2-3,8-11H2,1H3. The summed E-state index contributed by atoms with van der Waals surface area (Å²) in [6.45, 7) is -2.83. The number of methoxy groups -OCH3 is 1. The predicted octanol–water partition coefficient (Wildman–Crippen LogP) is 3.91. The van der Waals surface area contributed by atoms with E-state index in [1.807, 2.05) is 24.3 Å². The van der Waals surface area contributed by atoms with E-state index in [-0.39, 0.29) is 6.42 Å². The van der Waals surface area contributed by atoms with Crippen molar-refractivity contribution in [2.45, 2.75) is 19.3 Å². The summed E-state index contributed by atoms with van der Waals surface area (Å²) in [7, 11) is 1.59. The normalized spacial score (nSPS) is 11.6. The second kappa shape index (κ2) is 7.29. The van der Waals surface area contributed by atoms with Gasteiger partial charge >= 0.3 is 0 Å². The van der Waals surface area contributed by atoms with Gasteiger partial charge in [-0.25, -0.2) is 0 Å². The van der Waals surface area contributed by atoms with E-state index in [0.29, 0.717) is 12.8 Å². The molecule has 4 heteroatoms. The Kier molecular flexibility index (Phi) is 6.02. The minimum Gasteiger partial charge on any atom is -0.497 e. The van der Waals surface area contributed by atoms with Crippen LogP contribution in [0.2, 0.25) is 0 Å². The van der Waals surface area contributed by atoms with E-state index in [0.717, 1.165) is 11.3 Å². The highest BCUT2D eigenvalue weighted by molar-refractivity contribution is 5.27. The largest absolute Gasteiger partial charge is 0.497 e. The van der Waals surface area contributed by atoms with Gasteiger partial charge < -0.3 is 4.74 Å². The third-order valence-corrected chi connectivity index (χ3v) is 3.18. The summed E-state index contributed by atoms with van der Waals surface area (Å²) in [4.78, 5) is 0. The van der Waals surface area contributed by atoms with E-state index in [1.165, 1.54) is 0 Å². The van der Waals surface area contributed by atoms with Crippen LogP contribution in [0.3, 0.4) is 0 Å². The van der Waals surface area contributed by atoms with Crippen molar-refractivity contribution in [2.75, 3.05) is 27.1 Å². The lowest BCUT2D eigenvalue weighted by atomic mass is 9.86. The molecule has 0 aliphatic heterocycles. The predicted molar refractivity (Wildman–Crippen MR) is 66.3 cm³/mol. The SMILES string of the molecule is COc1ccc(CCCC(CF)(CF)CF)cc1. The van der Waals surface area contributed by atoms with Crippen LogP contribution in [-0.4, -0.2) is 27.1 Å². The summed E-state index contributed by atoms with van der Waals surface area (Å²) in [5.74, 6) is 0.768. The van der Waals surface area contributed by atoms with Crippen molar-refractivity contribution in [3.8, 4) is 5.75 Å². The number of hydrogen-bond acceptors (Lipinski definition) is 1. The molecule has 0 saturated carbocycles. The summed E-state index contributed by atoms with van der Waals surface area (Å²) < 4.78 is 43.0. The van der Waals surface area contributed by atoms with Crippen molar-refractivity contribution in [3.05, 3.63) is 29.8 Å². The molecule has 18 heavy (non-hydrogen) atoms. The fourth-order valence-electron chi connectivity index (χ4n) is 1.77. The Morgan fingerprint density at radius 1 is 1.00 bits per heavy atom. The Morgan fingerprint density at radius 3 is 2.00 bits per heavy atom. The van der Waals surface area contributed by atoms with E-state index in [4.69, 9.17) is 4.74 Å². The fourth-order valence-corrected chi connectivity index (χ4v) is 1.77. The molecule has 102 valence electrons. The lowest BCUT2D eigenvalue weighted by Crippen LogP contribution is -2.28. The summed E-state index contributed by atoms with van der Waals surface area (Å²) in [5, 5.41) is 0. The third kappa shape index (κ3) is 3.93. The van der Waals surface area contributed by atoms with Gasteiger partial charge in [0.1, 0.15) is 25.8 Å². The minimum absolute atomic E-state index is 0.225. The molecular formula is C14H19F3O. The highest BCUT2D eigenvalue weighted by atomic mass is 19.1. The Bertz CT molecular complexity index is 325. The zero-order chi connectivity index (χ0) is 13.4. The highest BCUT2D eigenvalue weighted by Crippen LogP contribution is 2.27. The average Bonchev–Trinajstić information content (AvgIpc) is 2.45. The molecule has 0 unspecified atom stereocenters. The number of hydrogen-bond donors (Lipinski definition) is 0. The van der Waals surface area contributed by atoms with E-state index in [1.54, 1.807) is 7.11 Å². The van der Waals surface area contributed by atoms with E-state index in [2.05, 4.69) is 0 Å². The van der Waals surface area contributed by atoms with E-state index < -0.39 is 25.4 Å². The first-order valence-electron chi connectivity index (χ1n) is 6.00. The first-order valence-corrected chi connectivity index (χ1v) is 6.00. The Balaban J connectivity index is 2.44. The number of rotatable bonds is 8. The van der Waals surface area contributed by atoms with Crippen LogP contribution in [0.5, 0.6) is 5.75 Å². The first-order chi connectivity index (χ1) is 8.69. The van der Waals surface area contributed by atoms with Gasteiger partial charge in [-0.1, -0.05) is 12.1 Å². The summed E-state index contributed by atoms with van der Waals surface area (Å²) in [6, 6.07) is 7.48. The maximum absolute atomic E-state index is 12.6. The lowest BCUT2D eigenvalue weighted by Gasteiger charge is -2.23. The number of ether oxygens (including phenoxy) is 1. The molecule has 0 aliphatic carbocycles. The zero-order valence-corrected chi connectivity index (χ0v) is 10.6. The molecule has 1 aromatic rings. The second-order valence-corrected chi connectivity index (χ2v) is 4.60. The van der Waals surface area contributed by atoms with Crippen molar-refractivity contribution in [1.29, 1.82) is 0 Å². The molecule has 1 rings (SSSR count). The first kappa shape index (κ1) is 14.9. The van der Waals surface area contributed by atoms with Gasteiger partial charge in [-0.05, 0) is 37.0 Å². The number of benzene rings is 1. The van der Waals surface area contributed by atoms with E-state index in [9.17, 15) is 13.2 Å². The highest BCUT2D eigenvalue weighted by Gasteiger charge is 2.30. The molecule has 1 nitrogen and oxygen atoms in total. The molecule has 0 spiro atoms. The van der Waals surface area contributed by atoms with Crippen LogP contribution in [-0.2, 0) is 6.42 Å². The van der Waals surface area contributed by atoms with Gasteiger partial charge in [0, 0.05) is 0 Å². The molecule has 0 aliphatic rings. The van der Waals surface area contributed by atoms with Crippen LogP contribution < -0.4 is 4.74 Å². The molecule has 0 heterocycles. The van der Waals surface area contributed by atoms with Crippen molar-refractivity contribution in [2.24, 2.45) is 5.41 Å². The summed E-state index contributed by atoms with van der Waals surface area (Å²) in [5.41, 5.74) is -0.367. The molecule has 0 radical (unpaired) electrons. The van der Waals surface area contributed by atoms with Crippen LogP contribution >= 0.6 is 0 Å². The third-order valence-electron chi connectivity index (χ3n) is 3.18. The minimum atomic E-state index is -1.42. The number of halogens is 3. The van der Waals surface area contributed by atoms with Gasteiger partial charge in [-0.3, -0.25) is 13.2 Å². The zero-order valence-electron chi connectivity index (χ0n) is 10.6. The van der Waals surface area contributed by atoms with Crippen molar-refractivity contribution >= 4 is 0 Å².